The van der Waals surface area contributed by atoms with Gasteiger partial charge in [0.05, 0.1) is 11.2 Å². The van der Waals surface area contributed by atoms with E-state index in [0.29, 0.717) is 11.8 Å². The van der Waals surface area contributed by atoms with Crippen LogP contribution in [0.3, 0.4) is 0 Å². The normalized spacial score (nSPS) is 17.5. The maximum atomic E-state index is 10.4. The average Bonchev–Trinajstić information content (AvgIpc) is 2.81. The number of phenolic OH excluding ortho intramolecular Hbond substituents is 1. The van der Waals surface area contributed by atoms with Gasteiger partial charge in [-0.1, -0.05) is 87.9 Å². The third kappa shape index (κ3) is 5.09. The summed E-state index contributed by atoms with van der Waals surface area (Å²) in [4.78, 5) is 4.98. The second-order valence-corrected chi connectivity index (χ2v) is 10.1. The molecule has 0 spiro atoms. The number of aromatic nitrogens is 1. The predicted octanol–water partition coefficient (Wildman–Crippen LogP) is 7.92. The van der Waals surface area contributed by atoms with Crippen LogP contribution in [0.1, 0.15) is 68.3 Å². The van der Waals surface area contributed by atoms with Gasteiger partial charge in [-0.3, -0.25) is 4.98 Å². The first-order chi connectivity index (χ1) is 16.3. The van der Waals surface area contributed by atoms with Crippen molar-refractivity contribution in [3.05, 3.63) is 101 Å². The molecule has 34 heavy (non-hydrogen) atoms. The molecule has 1 aliphatic carbocycles. The largest absolute Gasteiger partial charge is 0.507 e. The molecule has 3 heteroatoms. The summed E-state index contributed by atoms with van der Waals surface area (Å²) in [6, 6.07) is 18.4. The van der Waals surface area contributed by atoms with Gasteiger partial charge in [-0.15, -0.1) is 0 Å². The molecule has 3 nitrogen and oxygen atoms in total. The fourth-order valence-corrected chi connectivity index (χ4v) is 4.78. The zero-order valence-electron chi connectivity index (χ0n) is 21.0. The first-order valence-corrected chi connectivity index (χ1v) is 12.3. The molecule has 0 saturated carbocycles. The molecular formula is C31H36N2O. The van der Waals surface area contributed by atoms with Crippen molar-refractivity contribution in [3.63, 3.8) is 0 Å². The van der Waals surface area contributed by atoms with E-state index in [1.807, 2.05) is 31.2 Å². The summed E-state index contributed by atoms with van der Waals surface area (Å²) in [7, 11) is 0. The van der Waals surface area contributed by atoms with Crippen molar-refractivity contribution in [2.75, 3.05) is 5.32 Å². The number of benzene rings is 2. The molecule has 0 bridgehead atoms. The summed E-state index contributed by atoms with van der Waals surface area (Å²) in [5, 5.41) is 14.4. The lowest BCUT2D eigenvalue weighted by Gasteiger charge is -2.36. The summed E-state index contributed by atoms with van der Waals surface area (Å²) in [6.07, 6.45) is 10.4. The summed E-state index contributed by atoms with van der Waals surface area (Å²) >= 11 is 0. The van der Waals surface area contributed by atoms with E-state index in [2.05, 4.69) is 81.6 Å². The molecule has 1 aromatic heterocycles. The average molecular weight is 453 g/mol. The van der Waals surface area contributed by atoms with Gasteiger partial charge in [0, 0.05) is 23.4 Å². The van der Waals surface area contributed by atoms with Crippen LogP contribution in [0.25, 0.3) is 11.3 Å². The molecule has 0 fully saturated rings. The van der Waals surface area contributed by atoms with Gasteiger partial charge in [0.15, 0.2) is 0 Å². The second kappa shape index (κ2) is 9.89. The minimum Gasteiger partial charge on any atom is -0.507 e. The van der Waals surface area contributed by atoms with Crippen LogP contribution in [-0.2, 0) is 6.42 Å². The van der Waals surface area contributed by atoms with E-state index in [4.69, 9.17) is 4.98 Å². The molecule has 0 radical (unpaired) electrons. The minimum absolute atomic E-state index is 0.260. The third-order valence-electron chi connectivity index (χ3n) is 6.62. The Bertz CT molecular complexity index is 1200. The lowest BCUT2D eigenvalue weighted by molar-refractivity contribution is 0.477. The highest BCUT2D eigenvalue weighted by atomic mass is 16.3. The predicted molar refractivity (Wildman–Crippen MR) is 144 cm³/mol. The zero-order valence-corrected chi connectivity index (χ0v) is 21.0. The Morgan fingerprint density at radius 3 is 2.29 bits per heavy atom. The highest BCUT2D eigenvalue weighted by molar-refractivity contribution is 5.68. The maximum absolute atomic E-state index is 10.4. The Morgan fingerprint density at radius 1 is 0.941 bits per heavy atom. The van der Waals surface area contributed by atoms with Crippen LogP contribution in [0, 0.1) is 6.92 Å². The molecular weight excluding hydrogens is 416 g/mol. The first kappa shape index (κ1) is 23.8. The van der Waals surface area contributed by atoms with Crippen molar-refractivity contribution in [1.29, 1.82) is 0 Å². The Labute approximate surface area is 204 Å². The van der Waals surface area contributed by atoms with E-state index in [-0.39, 0.29) is 11.3 Å². The molecule has 4 rings (SSSR count). The second-order valence-electron chi connectivity index (χ2n) is 10.1. The van der Waals surface area contributed by atoms with Crippen LogP contribution in [-0.4, -0.2) is 15.6 Å². The van der Waals surface area contributed by atoms with Crippen LogP contribution >= 0.6 is 0 Å². The number of pyridine rings is 1. The lowest BCUT2D eigenvalue weighted by Crippen LogP contribution is -2.40. The molecule has 2 N–H and O–H groups in total. The monoisotopic (exact) mass is 452 g/mol. The molecule has 0 saturated heterocycles. The van der Waals surface area contributed by atoms with Crippen molar-refractivity contribution < 1.29 is 5.11 Å². The van der Waals surface area contributed by atoms with E-state index in [1.54, 1.807) is 6.07 Å². The standard InChI is InChI=1S/C31H36N2O/c1-21(2)25-12-10-13-26(22(3)4)30(25)33-31(17-7-6-8-18-31)20-24-11-9-14-28(32-24)27-19-23(5)15-16-29(27)34/h6-17,19,21-22,33-34H,18,20H2,1-5H3. The van der Waals surface area contributed by atoms with Crippen molar-refractivity contribution in [1.82, 2.24) is 4.98 Å². The number of rotatable bonds is 7. The molecule has 1 aliphatic rings. The number of hydrogen-bond donors (Lipinski definition) is 2. The minimum atomic E-state index is -0.274. The number of nitrogens with zero attached hydrogens (tertiary/aromatic N) is 1. The van der Waals surface area contributed by atoms with Crippen molar-refractivity contribution in [2.45, 2.75) is 64.8 Å². The van der Waals surface area contributed by atoms with Crippen molar-refractivity contribution in [3.8, 4) is 17.0 Å². The highest BCUT2D eigenvalue weighted by Crippen LogP contribution is 2.37. The Balaban J connectivity index is 1.73. The smallest absolute Gasteiger partial charge is 0.124 e. The zero-order chi connectivity index (χ0) is 24.3. The van der Waals surface area contributed by atoms with Gasteiger partial charge < -0.3 is 10.4 Å². The van der Waals surface area contributed by atoms with E-state index >= 15 is 0 Å². The number of anilines is 1. The van der Waals surface area contributed by atoms with E-state index in [1.165, 1.54) is 16.8 Å². The number of nitrogens with one attached hydrogen (secondary N) is 1. The van der Waals surface area contributed by atoms with Gasteiger partial charge in [0.25, 0.3) is 0 Å². The van der Waals surface area contributed by atoms with Crippen molar-refractivity contribution >= 4 is 5.69 Å². The highest BCUT2D eigenvalue weighted by Gasteiger charge is 2.30. The van der Waals surface area contributed by atoms with Crippen LogP contribution < -0.4 is 5.32 Å². The number of hydrogen-bond acceptors (Lipinski definition) is 3. The first-order valence-electron chi connectivity index (χ1n) is 12.3. The van der Waals surface area contributed by atoms with E-state index < -0.39 is 0 Å². The fourth-order valence-electron chi connectivity index (χ4n) is 4.78. The molecule has 0 aliphatic heterocycles. The van der Waals surface area contributed by atoms with Crippen LogP contribution in [0.5, 0.6) is 5.75 Å². The number of para-hydroxylation sites is 1. The van der Waals surface area contributed by atoms with Gasteiger partial charge >= 0.3 is 0 Å². The topological polar surface area (TPSA) is 45.1 Å². The van der Waals surface area contributed by atoms with Gasteiger partial charge in [-0.2, -0.15) is 0 Å². The molecule has 2 aromatic carbocycles. The van der Waals surface area contributed by atoms with Crippen molar-refractivity contribution in [2.24, 2.45) is 0 Å². The Kier molecular flexibility index (Phi) is 6.92. The molecule has 1 heterocycles. The van der Waals surface area contributed by atoms with Crippen LogP contribution in [0.2, 0.25) is 0 Å². The molecule has 1 atom stereocenters. The molecule has 0 amide bonds. The van der Waals surface area contributed by atoms with Gasteiger partial charge in [0.1, 0.15) is 5.75 Å². The van der Waals surface area contributed by atoms with Crippen LogP contribution in [0.4, 0.5) is 5.69 Å². The molecule has 176 valence electrons. The van der Waals surface area contributed by atoms with Gasteiger partial charge in [-0.25, -0.2) is 0 Å². The summed E-state index contributed by atoms with van der Waals surface area (Å²) in [5.74, 6) is 1.11. The number of phenols is 1. The van der Waals surface area contributed by atoms with Gasteiger partial charge in [-0.05, 0) is 60.6 Å². The number of allylic oxidation sites excluding steroid dienone is 2. The molecule has 3 aromatic rings. The van der Waals surface area contributed by atoms with E-state index in [0.717, 1.165) is 35.4 Å². The van der Waals surface area contributed by atoms with Gasteiger partial charge in [0.2, 0.25) is 0 Å². The van der Waals surface area contributed by atoms with E-state index in [9.17, 15) is 5.11 Å². The fraction of sp³-hybridized carbons (Fsp3) is 0.323. The number of aryl methyl sites for hydroxylation is 1. The quantitative estimate of drug-likeness (QED) is 0.383. The third-order valence-corrected chi connectivity index (χ3v) is 6.62. The Hall–Kier alpha value is -3.33. The SMILES string of the molecule is Cc1ccc(O)c(-c2cccc(CC3(Nc4c(C(C)C)cccc4C(C)C)C=CC=CC3)n2)c1. The maximum Gasteiger partial charge on any atom is 0.124 e. The summed E-state index contributed by atoms with van der Waals surface area (Å²) < 4.78 is 0. The van der Waals surface area contributed by atoms with Crippen LogP contribution in [0.15, 0.2) is 78.9 Å². The summed E-state index contributed by atoms with van der Waals surface area (Å²) in [5.41, 5.74) is 7.34. The number of aromatic hydroxyl groups is 1. The lowest BCUT2D eigenvalue weighted by atomic mass is 9.84. The molecule has 1 unspecified atom stereocenters. The Morgan fingerprint density at radius 2 is 1.65 bits per heavy atom. The summed E-state index contributed by atoms with van der Waals surface area (Å²) in [6.45, 7) is 11.1.